The number of carbonyl (C=O) groups is 5. The molecule has 4 saturated heterocycles. The molecule has 93 heavy (non-hydrogen) atoms. The molecule has 6 rings (SSSR count). The van der Waals surface area contributed by atoms with Crippen LogP contribution in [0.2, 0.25) is 0 Å². The molecule has 22 unspecified atom stereocenters. The van der Waals surface area contributed by atoms with E-state index in [9.17, 15) is 54.6 Å². The van der Waals surface area contributed by atoms with Crippen LogP contribution in [0.15, 0.2) is 35.8 Å². The lowest BCUT2D eigenvalue weighted by Gasteiger charge is -2.48. The van der Waals surface area contributed by atoms with E-state index in [1.54, 1.807) is 65.8 Å². The van der Waals surface area contributed by atoms with Crippen LogP contribution in [-0.2, 0) is 52.3 Å². The first-order valence-electron chi connectivity index (χ1n) is 32.9. The molecule has 530 valence electrons. The highest BCUT2D eigenvalue weighted by Crippen LogP contribution is 2.40. The van der Waals surface area contributed by atoms with Crippen LogP contribution in [-0.4, -0.2) is 253 Å². The molecule has 0 saturated carbocycles. The van der Waals surface area contributed by atoms with Gasteiger partial charge in [-0.05, 0) is 131 Å². The summed E-state index contributed by atoms with van der Waals surface area (Å²) in [5.41, 5.74) is 8.59. The number of anilines is 1. The maximum absolute atomic E-state index is 14.6. The van der Waals surface area contributed by atoms with Gasteiger partial charge in [-0.2, -0.15) is 0 Å². The van der Waals surface area contributed by atoms with E-state index in [0.717, 1.165) is 11.4 Å². The van der Waals surface area contributed by atoms with E-state index >= 15 is 0 Å². The summed E-state index contributed by atoms with van der Waals surface area (Å²) in [7, 11) is 6.82. The lowest BCUT2D eigenvalue weighted by molar-refractivity contribution is -0.316. The fourth-order valence-corrected chi connectivity index (χ4v) is 13.6. The number of piperazine rings is 1. The van der Waals surface area contributed by atoms with E-state index in [2.05, 4.69) is 31.9 Å². The zero-order valence-electron chi connectivity index (χ0n) is 57.0. The zero-order chi connectivity index (χ0) is 69.0. The number of methoxy groups -OCH3 is 1. The van der Waals surface area contributed by atoms with Crippen LogP contribution >= 0.6 is 0 Å². The first kappa shape index (κ1) is 76.9. The van der Waals surface area contributed by atoms with Crippen molar-refractivity contribution in [3.63, 3.8) is 0 Å². The number of rotatable bonds is 23. The van der Waals surface area contributed by atoms with E-state index < -0.39 is 126 Å². The minimum Gasteiger partial charge on any atom is -0.469 e. The van der Waals surface area contributed by atoms with Crippen LogP contribution in [0.4, 0.5) is 5.69 Å². The van der Waals surface area contributed by atoms with Crippen molar-refractivity contribution < 1.29 is 87.8 Å². The summed E-state index contributed by atoms with van der Waals surface area (Å²) >= 11 is 0. The quantitative estimate of drug-likeness (QED) is 0.0358. The van der Waals surface area contributed by atoms with Crippen molar-refractivity contribution >= 4 is 35.4 Å². The lowest BCUT2D eigenvalue weighted by atomic mass is 9.77. The molecule has 5 aliphatic heterocycles. The molecule has 5 heterocycles. The fourth-order valence-electron chi connectivity index (χ4n) is 13.6. The number of nitrogens with one attached hydrogen (secondary N) is 6. The summed E-state index contributed by atoms with van der Waals surface area (Å²) in [6, 6.07) is 4.43. The molecule has 5 aliphatic rings. The number of esters is 3. The monoisotopic (exact) mass is 1320 g/mol. The third kappa shape index (κ3) is 20.5. The van der Waals surface area contributed by atoms with E-state index in [1.165, 1.54) is 21.0 Å². The number of aliphatic hydroxyl groups is 6. The van der Waals surface area contributed by atoms with Crippen molar-refractivity contribution in [2.24, 2.45) is 29.2 Å². The molecule has 0 spiro atoms. The predicted octanol–water partition coefficient (Wildman–Crippen LogP) is -0.915. The first-order valence-corrected chi connectivity index (χ1v) is 32.9. The molecule has 0 bridgehead atoms. The third-order valence-electron chi connectivity index (χ3n) is 19.0. The van der Waals surface area contributed by atoms with Crippen molar-refractivity contribution in [1.29, 1.82) is 0 Å². The number of hydrogen-bond acceptors (Lipinski definition) is 27. The van der Waals surface area contributed by atoms with Crippen molar-refractivity contribution in [3.05, 3.63) is 41.3 Å². The summed E-state index contributed by atoms with van der Waals surface area (Å²) < 4.78 is 42.3. The summed E-state index contributed by atoms with van der Waals surface area (Å²) in [4.78, 5) is 72.9. The highest BCUT2D eigenvalue weighted by molar-refractivity contribution is 5.97. The Morgan fingerprint density at radius 1 is 0.903 bits per heavy atom. The molecule has 16 N–H and O–H groups in total. The number of carbonyl (C=O) groups excluding carboxylic acids is 5. The number of nitrogens with zero attached hydrogens (tertiary/aromatic N) is 3. The highest BCUT2D eigenvalue weighted by Gasteiger charge is 2.53. The number of cyclic esters (lactones) is 1. The summed E-state index contributed by atoms with van der Waals surface area (Å²) in [5.74, 6) is -5.09. The topological polar surface area (TPSA) is 405 Å². The van der Waals surface area contributed by atoms with E-state index in [0.29, 0.717) is 31.8 Å². The van der Waals surface area contributed by atoms with Crippen LogP contribution in [0.5, 0.6) is 0 Å². The normalized spacial score (nSPS) is 36.9. The standard InChI is InChI=1S/C64H111N11O18/c1-15-45-64(10,86)52(79)38(6)75(32-34(2)29-63(9,85)54(93-60-50(78)44(73(11)12)28-35(3)89-60)36(4)51(37(5)58(82)91-45)92-48-30-62(8,84)53(80)39(7)90-48)26-17-25-67-46(76)18-16-27-88-59(83)43(23-24-47(77)87-14)70-57(81)40-19-21-42(22-20-40)74(13)33-41-31-68-56-49(69-41)55(65)71-61(66)72-56/h19-22,34-39,41,43-45,48,50-54,56,60-61,68-69,71-72,78-80,84-86H,15-18,23-33,65-66H2,1-14H3,(H,67,76)(H,70,81). The van der Waals surface area contributed by atoms with E-state index in [1.807, 2.05) is 49.7 Å². The lowest BCUT2D eigenvalue weighted by Crippen LogP contribution is -2.69. The highest BCUT2D eigenvalue weighted by atomic mass is 16.7. The molecule has 0 aliphatic carbocycles. The van der Waals surface area contributed by atoms with Gasteiger partial charge in [0.2, 0.25) is 5.91 Å². The Labute approximate surface area is 548 Å². The second-order valence-corrected chi connectivity index (χ2v) is 27.4. The summed E-state index contributed by atoms with van der Waals surface area (Å²) in [6.45, 7) is 18.4. The van der Waals surface area contributed by atoms with Gasteiger partial charge in [-0.3, -0.25) is 40.4 Å². The number of benzene rings is 1. The van der Waals surface area contributed by atoms with Crippen molar-refractivity contribution in [2.45, 2.75) is 242 Å². The van der Waals surface area contributed by atoms with Crippen LogP contribution in [0, 0.1) is 17.8 Å². The van der Waals surface area contributed by atoms with Crippen LogP contribution in [0.25, 0.3) is 0 Å². The number of fused-ring (bicyclic) bond motifs is 1. The summed E-state index contributed by atoms with van der Waals surface area (Å²) in [5, 5.41) is 89.9. The Kier molecular flexibility index (Phi) is 27.9. The zero-order valence-corrected chi connectivity index (χ0v) is 57.0. The van der Waals surface area contributed by atoms with Gasteiger partial charge in [0.25, 0.3) is 5.91 Å². The Balaban J connectivity index is 1.09. The average Bonchev–Trinajstić information content (AvgIpc) is 1.53. The number of aliphatic hydroxyl groups excluding tert-OH is 3. The van der Waals surface area contributed by atoms with Gasteiger partial charge in [-0.25, -0.2) is 4.79 Å². The SMILES string of the molecule is CCC1OC(=O)C(C)C(OC2CC(C)(O)C(O)C(C)O2)C(C)C(OC2OC(C)CC(N(C)C)C2O)C(C)(O)CC(C)CN(CCCNC(=O)CCCOC(=O)C(CCC(=O)OC)NC(=O)c2ccc(N(C)CC3CNC4NC(N)NC(N)=C4N3)cc2)C(C)C(O)C1(C)O. The number of hydrogen-bond donors (Lipinski definition) is 14. The smallest absolute Gasteiger partial charge is 0.328 e. The van der Waals surface area contributed by atoms with Gasteiger partial charge in [0.1, 0.15) is 54.3 Å². The maximum Gasteiger partial charge on any atom is 0.328 e. The fraction of sp³-hybridized carbons (Fsp3) is 0.797. The van der Waals surface area contributed by atoms with Crippen LogP contribution < -0.4 is 48.3 Å². The number of ether oxygens (including phenoxy) is 7. The minimum absolute atomic E-state index is 0.0110. The Bertz CT molecular complexity index is 2640. The van der Waals surface area contributed by atoms with Gasteiger partial charge in [0.05, 0.1) is 67.0 Å². The Morgan fingerprint density at radius 2 is 1.59 bits per heavy atom. The maximum atomic E-state index is 14.6. The molecular formula is C64H111N11O18. The largest absolute Gasteiger partial charge is 0.469 e. The predicted molar refractivity (Wildman–Crippen MR) is 343 cm³/mol. The van der Waals surface area contributed by atoms with Crippen LogP contribution in [0.3, 0.4) is 0 Å². The molecule has 0 aromatic heterocycles. The number of nitrogens with two attached hydrogens (primary N) is 2. The van der Waals surface area contributed by atoms with Gasteiger partial charge in [-0.15, -0.1) is 0 Å². The Morgan fingerprint density at radius 3 is 2.24 bits per heavy atom. The molecule has 4 fully saturated rings. The van der Waals surface area contributed by atoms with E-state index in [-0.39, 0.29) is 113 Å². The molecule has 2 amide bonds. The molecule has 0 radical (unpaired) electrons. The van der Waals surface area contributed by atoms with Gasteiger partial charge >= 0.3 is 17.9 Å². The van der Waals surface area contributed by atoms with Gasteiger partial charge in [0, 0.05) is 88.3 Å². The average molecular weight is 1320 g/mol. The molecule has 29 nitrogen and oxygen atoms in total. The molecule has 29 heteroatoms. The molecule has 22 atom stereocenters. The molecule has 1 aromatic rings. The number of amides is 2. The molecule has 1 aromatic carbocycles. The first-order chi connectivity index (χ1) is 43.6. The summed E-state index contributed by atoms with van der Waals surface area (Å²) in [6.07, 6.45) is -11.3. The van der Waals surface area contributed by atoms with Gasteiger partial charge in [0.15, 0.2) is 12.6 Å². The Hall–Kier alpha value is -5.09. The van der Waals surface area contributed by atoms with Gasteiger partial charge < -0.3 is 101 Å². The van der Waals surface area contributed by atoms with Crippen molar-refractivity contribution in [3.8, 4) is 0 Å². The van der Waals surface area contributed by atoms with Crippen LogP contribution in [0.1, 0.15) is 137 Å². The second kappa shape index (κ2) is 33.7. The van der Waals surface area contributed by atoms with E-state index in [4.69, 9.17) is 44.6 Å². The third-order valence-corrected chi connectivity index (χ3v) is 19.0. The number of likely N-dealkylation sites (N-methyl/N-ethyl adjacent to an activating group) is 2. The molecular weight excluding hydrogens is 1210 g/mol. The van der Waals surface area contributed by atoms with Crippen molar-refractivity contribution in [2.75, 3.05) is 72.5 Å². The van der Waals surface area contributed by atoms with Crippen molar-refractivity contribution in [1.82, 2.24) is 41.7 Å². The van der Waals surface area contributed by atoms with Gasteiger partial charge in [-0.1, -0.05) is 20.8 Å². The minimum atomic E-state index is -2.02. The second-order valence-electron chi connectivity index (χ2n) is 27.4.